The van der Waals surface area contributed by atoms with Crippen molar-refractivity contribution in [3.05, 3.63) is 22.4 Å². The summed E-state index contributed by atoms with van der Waals surface area (Å²) in [6.07, 6.45) is 1.29. The lowest BCUT2D eigenvalue weighted by Gasteiger charge is -1.98. The Bertz CT molecular complexity index is 239. The number of aromatic hydroxyl groups is 1. The zero-order valence-electron chi connectivity index (χ0n) is 5.08. The number of hydrogen-bond acceptors (Lipinski definition) is 3. The Morgan fingerprint density at radius 1 is 1.60 bits per heavy atom. The van der Waals surface area contributed by atoms with E-state index in [2.05, 4.69) is 20.9 Å². The van der Waals surface area contributed by atoms with Crippen molar-refractivity contribution in [1.29, 1.82) is 0 Å². The lowest BCUT2D eigenvalue weighted by atomic mass is 10.3. The largest absolute Gasteiger partial charge is 0.506 e. The molecule has 0 aliphatic heterocycles. The normalized spacial score (nSPS) is 9.80. The predicted molar refractivity (Wildman–Crippen MR) is 39.5 cm³/mol. The van der Waals surface area contributed by atoms with Crippen molar-refractivity contribution in [3.63, 3.8) is 0 Å². The number of nitrogens with zero attached hydrogens (tertiary/aromatic N) is 1. The van der Waals surface area contributed by atoms with E-state index in [1.807, 2.05) is 0 Å². The maximum absolute atomic E-state index is 8.99. The van der Waals surface area contributed by atoms with Crippen molar-refractivity contribution in [2.75, 3.05) is 0 Å². The summed E-state index contributed by atoms with van der Waals surface area (Å²) >= 11 is 3.10. The molecular formula is C6H6BrNO2. The first kappa shape index (κ1) is 7.50. The molecule has 1 aromatic rings. The van der Waals surface area contributed by atoms with E-state index in [0.717, 1.165) is 0 Å². The fraction of sp³-hybridized carbons (Fsp3) is 0.167. The molecule has 0 fully saturated rings. The van der Waals surface area contributed by atoms with Gasteiger partial charge in [0.15, 0.2) is 0 Å². The van der Waals surface area contributed by atoms with Crippen LogP contribution in [0.2, 0.25) is 0 Å². The van der Waals surface area contributed by atoms with Crippen LogP contribution in [-0.4, -0.2) is 15.2 Å². The summed E-state index contributed by atoms with van der Waals surface area (Å²) in [5.74, 6) is 0.0192. The third-order valence-corrected chi connectivity index (χ3v) is 1.54. The van der Waals surface area contributed by atoms with E-state index < -0.39 is 0 Å². The van der Waals surface area contributed by atoms with Crippen LogP contribution < -0.4 is 0 Å². The summed E-state index contributed by atoms with van der Waals surface area (Å²) in [6, 6.07) is 1.56. The molecule has 0 aliphatic rings. The molecule has 0 saturated carbocycles. The monoisotopic (exact) mass is 203 g/mol. The molecule has 0 unspecified atom stereocenters. The SMILES string of the molecule is OCc1cc(Br)ncc1O. The summed E-state index contributed by atoms with van der Waals surface area (Å²) < 4.78 is 0.606. The van der Waals surface area contributed by atoms with Crippen LogP contribution in [0.15, 0.2) is 16.9 Å². The van der Waals surface area contributed by atoms with Crippen LogP contribution >= 0.6 is 15.9 Å². The molecule has 0 aromatic carbocycles. The molecule has 0 atom stereocenters. The second kappa shape index (κ2) is 2.98. The van der Waals surface area contributed by atoms with Gasteiger partial charge in [0.2, 0.25) is 0 Å². The van der Waals surface area contributed by atoms with Crippen LogP contribution in [0, 0.1) is 0 Å². The number of hydrogen-bond donors (Lipinski definition) is 2. The number of halogens is 1. The van der Waals surface area contributed by atoms with E-state index in [0.29, 0.717) is 10.2 Å². The van der Waals surface area contributed by atoms with Crippen LogP contribution in [0.1, 0.15) is 5.56 Å². The minimum absolute atomic E-state index is 0.0192. The van der Waals surface area contributed by atoms with Gasteiger partial charge in [-0.05, 0) is 22.0 Å². The molecule has 0 aliphatic carbocycles. The quantitative estimate of drug-likeness (QED) is 0.672. The van der Waals surface area contributed by atoms with Crippen LogP contribution in [0.3, 0.4) is 0 Å². The van der Waals surface area contributed by atoms with Crippen molar-refractivity contribution in [3.8, 4) is 5.75 Å². The molecule has 4 heteroatoms. The van der Waals surface area contributed by atoms with E-state index in [1.165, 1.54) is 6.20 Å². The van der Waals surface area contributed by atoms with Crippen LogP contribution in [0.4, 0.5) is 0 Å². The third-order valence-electron chi connectivity index (χ3n) is 1.10. The van der Waals surface area contributed by atoms with Gasteiger partial charge in [0.05, 0.1) is 12.8 Å². The van der Waals surface area contributed by atoms with Crippen LogP contribution in [-0.2, 0) is 6.61 Å². The molecule has 0 bridgehead atoms. The van der Waals surface area contributed by atoms with E-state index in [9.17, 15) is 0 Å². The second-order valence-electron chi connectivity index (χ2n) is 1.79. The molecule has 54 valence electrons. The van der Waals surface area contributed by atoms with Gasteiger partial charge in [-0.25, -0.2) is 4.98 Å². The van der Waals surface area contributed by atoms with Crippen molar-refractivity contribution in [2.45, 2.75) is 6.61 Å². The summed E-state index contributed by atoms with van der Waals surface area (Å²) in [5.41, 5.74) is 0.474. The first-order valence-electron chi connectivity index (χ1n) is 2.68. The van der Waals surface area contributed by atoms with Gasteiger partial charge in [-0.3, -0.25) is 0 Å². The minimum Gasteiger partial charge on any atom is -0.506 e. The van der Waals surface area contributed by atoms with Gasteiger partial charge in [-0.15, -0.1) is 0 Å². The van der Waals surface area contributed by atoms with Gasteiger partial charge >= 0.3 is 0 Å². The predicted octanol–water partition coefficient (Wildman–Crippen LogP) is 1.04. The Balaban J connectivity index is 3.09. The zero-order valence-corrected chi connectivity index (χ0v) is 6.67. The maximum atomic E-state index is 8.99. The number of aliphatic hydroxyl groups excluding tert-OH is 1. The molecular weight excluding hydrogens is 198 g/mol. The highest BCUT2D eigenvalue weighted by atomic mass is 79.9. The topological polar surface area (TPSA) is 53.4 Å². The highest BCUT2D eigenvalue weighted by Gasteiger charge is 1.99. The average molecular weight is 204 g/mol. The highest BCUT2D eigenvalue weighted by molar-refractivity contribution is 9.10. The molecule has 3 nitrogen and oxygen atoms in total. The van der Waals surface area contributed by atoms with E-state index in [-0.39, 0.29) is 12.4 Å². The Labute approximate surface area is 66.5 Å². The van der Waals surface area contributed by atoms with E-state index in [4.69, 9.17) is 10.2 Å². The number of rotatable bonds is 1. The first-order chi connectivity index (χ1) is 4.74. The number of pyridine rings is 1. The van der Waals surface area contributed by atoms with Crippen molar-refractivity contribution in [2.24, 2.45) is 0 Å². The van der Waals surface area contributed by atoms with Gasteiger partial charge in [0.1, 0.15) is 10.4 Å². The lowest BCUT2D eigenvalue weighted by molar-refractivity contribution is 0.275. The Hall–Kier alpha value is -0.610. The van der Waals surface area contributed by atoms with Crippen LogP contribution in [0.5, 0.6) is 5.75 Å². The number of aromatic nitrogens is 1. The van der Waals surface area contributed by atoms with Crippen molar-refractivity contribution in [1.82, 2.24) is 4.98 Å². The number of aliphatic hydroxyl groups is 1. The Kier molecular flexibility index (Phi) is 2.24. The standard InChI is InChI=1S/C6H6BrNO2/c7-6-1-4(3-9)5(10)2-8-6/h1-2,9-10H,3H2. The zero-order chi connectivity index (χ0) is 7.56. The molecule has 0 amide bonds. The molecule has 10 heavy (non-hydrogen) atoms. The minimum atomic E-state index is -0.174. The summed E-state index contributed by atoms with van der Waals surface area (Å²) in [7, 11) is 0. The van der Waals surface area contributed by atoms with Crippen molar-refractivity contribution >= 4 is 15.9 Å². The van der Waals surface area contributed by atoms with E-state index in [1.54, 1.807) is 6.07 Å². The third kappa shape index (κ3) is 1.46. The highest BCUT2D eigenvalue weighted by Crippen LogP contribution is 2.18. The summed E-state index contributed by atoms with van der Waals surface area (Å²) in [5, 5.41) is 17.6. The molecule has 0 saturated heterocycles. The molecule has 0 radical (unpaired) electrons. The summed E-state index contributed by atoms with van der Waals surface area (Å²) in [6.45, 7) is -0.174. The van der Waals surface area contributed by atoms with Gasteiger partial charge in [-0.2, -0.15) is 0 Å². The molecule has 2 N–H and O–H groups in total. The summed E-state index contributed by atoms with van der Waals surface area (Å²) in [4.78, 5) is 3.74. The lowest BCUT2D eigenvalue weighted by Crippen LogP contribution is -1.85. The molecule has 1 heterocycles. The van der Waals surface area contributed by atoms with Crippen LogP contribution in [0.25, 0.3) is 0 Å². The fourth-order valence-electron chi connectivity index (χ4n) is 0.587. The van der Waals surface area contributed by atoms with Gasteiger partial charge in [0, 0.05) is 5.56 Å². The molecule has 0 spiro atoms. The fourth-order valence-corrected chi connectivity index (χ4v) is 0.966. The van der Waals surface area contributed by atoms with Gasteiger partial charge in [-0.1, -0.05) is 0 Å². The smallest absolute Gasteiger partial charge is 0.139 e. The van der Waals surface area contributed by atoms with Gasteiger partial charge < -0.3 is 10.2 Å². The second-order valence-corrected chi connectivity index (χ2v) is 2.61. The average Bonchev–Trinajstić information content (AvgIpc) is 1.94. The molecule has 1 rings (SSSR count). The van der Waals surface area contributed by atoms with Gasteiger partial charge in [0.25, 0.3) is 0 Å². The maximum Gasteiger partial charge on any atom is 0.139 e. The Morgan fingerprint density at radius 2 is 2.30 bits per heavy atom. The first-order valence-corrected chi connectivity index (χ1v) is 3.47. The Morgan fingerprint density at radius 3 is 2.80 bits per heavy atom. The molecule has 1 aromatic heterocycles. The van der Waals surface area contributed by atoms with Crippen molar-refractivity contribution < 1.29 is 10.2 Å². The van der Waals surface area contributed by atoms with E-state index >= 15 is 0 Å².